The standard InChI is InChI=1S/C15H24N4/c16-13-4-9-19(10-5-13)15-6-8-18(12-15)11-14-3-1-2-7-17-14/h1-3,7,13,15H,4-6,8-12,16H2. The van der Waals surface area contributed by atoms with Gasteiger partial charge in [0.2, 0.25) is 0 Å². The van der Waals surface area contributed by atoms with Gasteiger partial charge in [-0.3, -0.25) is 14.8 Å². The highest BCUT2D eigenvalue weighted by atomic mass is 15.3. The van der Waals surface area contributed by atoms with Gasteiger partial charge in [0.05, 0.1) is 5.69 Å². The van der Waals surface area contributed by atoms with Crippen molar-refractivity contribution in [3.8, 4) is 0 Å². The molecule has 0 saturated carbocycles. The molecular formula is C15H24N4. The number of piperidine rings is 1. The molecule has 4 heteroatoms. The second-order valence-corrected chi connectivity index (χ2v) is 5.87. The van der Waals surface area contributed by atoms with Gasteiger partial charge in [0, 0.05) is 37.9 Å². The zero-order chi connectivity index (χ0) is 13.1. The monoisotopic (exact) mass is 260 g/mol. The van der Waals surface area contributed by atoms with E-state index in [1.807, 2.05) is 12.3 Å². The van der Waals surface area contributed by atoms with Crippen molar-refractivity contribution in [2.24, 2.45) is 5.73 Å². The summed E-state index contributed by atoms with van der Waals surface area (Å²) >= 11 is 0. The molecule has 2 saturated heterocycles. The zero-order valence-electron chi connectivity index (χ0n) is 11.5. The van der Waals surface area contributed by atoms with Gasteiger partial charge in [0.1, 0.15) is 0 Å². The molecule has 1 aromatic rings. The first-order valence-electron chi connectivity index (χ1n) is 7.43. The molecule has 1 aromatic heterocycles. The second kappa shape index (κ2) is 5.99. The molecule has 19 heavy (non-hydrogen) atoms. The van der Waals surface area contributed by atoms with Gasteiger partial charge < -0.3 is 5.73 Å². The second-order valence-electron chi connectivity index (χ2n) is 5.87. The van der Waals surface area contributed by atoms with Gasteiger partial charge >= 0.3 is 0 Å². The van der Waals surface area contributed by atoms with Crippen molar-refractivity contribution in [2.75, 3.05) is 26.2 Å². The summed E-state index contributed by atoms with van der Waals surface area (Å²) in [6.07, 6.45) is 5.50. The van der Waals surface area contributed by atoms with E-state index in [0.717, 1.165) is 25.4 Å². The molecule has 1 unspecified atom stereocenters. The van der Waals surface area contributed by atoms with Crippen LogP contribution in [0.15, 0.2) is 24.4 Å². The fourth-order valence-corrected chi connectivity index (χ4v) is 3.26. The number of hydrogen-bond acceptors (Lipinski definition) is 4. The normalized spacial score (nSPS) is 26.9. The zero-order valence-corrected chi connectivity index (χ0v) is 11.5. The van der Waals surface area contributed by atoms with E-state index in [4.69, 9.17) is 5.73 Å². The Labute approximate surface area is 115 Å². The Morgan fingerprint density at radius 2 is 2.00 bits per heavy atom. The maximum absolute atomic E-state index is 5.98. The Morgan fingerprint density at radius 3 is 2.74 bits per heavy atom. The van der Waals surface area contributed by atoms with E-state index in [2.05, 4.69) is 26.9 Å². The van der Waals surface area contributed by atoms with Gasteiger partial charge in [-0.2, -0.15) is 0 Å². The molecule has 2 aliphatic rings. The van der Waals surface area contributed by atoms with Crippen molar-refractivity contribution in [1.82, 2.24) is 14.8 Å². The molecule has 104 valence electrons. The fraction of sp³-hybridized carbons (Fsp3) is 0.667. The molecule has 0 radical (unpaired) electrons. The molecular weight excluding hydrogens is 236 g/mol. The molecule has 0 aromatic carbocycles. The minimum Gasteiger partial charge on any atom is -0.328 e. The van der Waals surface area contributed by atoms with E-state index in [0.29, 0.717) is 6.04 Å². The van der Waals surface area contributed by atoms with Gasteiger partial charge in [-0.05, 0) is 44.5 Å². The molecule has 1 atom stereocenters. The molecule has 2 aliphatic heterocycles. The Bertz CT molecular complexity index is 386. The summed E-state index contributed by atoms with van der Waals surface area (Å²) in [6, 6.07) is 7.33. The van der Waals surface area contributed by atoms with Crippen LogP contribution in [0.25, 0.3) is 0 Å². The Morgan fingerprint density at radius 1 is 1.16 bits per heavy atom. The predicted molar refractivity (Wildman–Crippen MR) is 76.7 cm³/mol. The number of hydrogen-bond donors (Lipinski definition) is 1. The molecule has 4 nitrogen and oxygen atoms in total. The van der Waals surface area contributed by atoms with Gasteiger partial charge in [-0.15, -0.1) is 0 Å². The minimum absolute atomic E-state index is 0.433. The van der Waals surface area contributed by atoms with Gasteiger partial charge in [0.15, 0.2) is 0 Å². The average molecular weight is 260 g/mol. The molecule has 0 bridgehead atoms. The third-order valence-corrected chi connectivity index (χ3v) is 4.45. The Balaban J connectivity index is 1.50. The first-order chi connectivity index (χ1) is 9.31. The lowest BCUT2D eigenvalue weighted by molar-refractivity contribution is 0.151. The van der Waals surface area contributed by atoms with Crippen LogP contribution in [0.5, 0.6) is 0 Å². The van der Waals surface area contributed by atoms with Crippen molar-refractivity contribution in [1.29, 1.82) is 0 Å². The van der Waals surface area contributed by atoms with Crippen molar-refractivity contribution in [3.05, 3.63) is 30.1 Å². The van der Waals surface area contributed by atoms with Crippen LogP contribution in [0.2, 0.25) is 0 Å². The van der Waals surface area contributed by atoms with E-state index in [9.17, 15) is 0 Å². The first-order valence-corrected chi connectivity index (χ1v) is 7.43. The third-order valence-electron chi connectivity index (χ3n) is 4.45. The fourth-order valence-electron chi connectivity index (χ4n) is 3.26. The van der Waals surface area contributed by atoms with Crippen LogP contribution in [-0.4, -0.2) is 53.0 Å². The van der Waals surface area contributed by atoms with E-state index >= 15 is 0 Å². The van der Waals surface area contributed by atoms with E-state index < -0.39 is 0 Å². The summed E-state index contributed by atoms with van der Waals surface area (Å²) in [5.41, 5.74) is 7.16. The van der Waals surface area contributed by atoms with Crippen molar-refractivity contribution in [2.45, 2.75) is 37.9 Å². The lowest BCUT2D eigenvalue weighted by Crippen LogP contribution is -2.46. The van der Waals surface area contributed by atoms with Crippen LogP contribution < -0.4 is 5.73 Å². The average Bonchev–Trinajstić information content (AvgIpc) is 2.89. The quantitative estimate of drug-likeness (QED) is 0.883. The minimum atomic E-state index is 0.433. The Hall–Kier alpha value is -0.970. The maximum Gasteiger partial charge on any atom is 0.0543 e. The number of rotatable bonds is 3. The Kier molecular flexibility index (Phi) is 4.11. The number of nitrogens with zero attached hydrogens (tertiary/aromatic N) is 3. The van der Waals surface area contributed by atoms with E-state index in [1.54, 1.807) is 0 Å². The predicted octanol–water partition coefficient (Wildman–Crippen LogP) is 1.08. The highest BCUT2D eigenvalue weighted by Gasteiger charge is 2.29. The van der Waals surface area contributed by atoms with Crippen molar-refractivity contribution < 1.29 is 0 Å². The largest absolute Gasteiger partial charge is 0.328 e. The highest BCUT2D eigenvalue weighted by Crippen LogP contribution is 2.20. The van der Waals surface area contributed by atoms with Crippen LogP contribution in [0.4, 0.5) is 0 Å². The van der Waals surface area contributed by atoms with Crippen LogP contribution in [-0.2, 0) is 6.54 Å². The lowest BCUT2D eigenvalue weighted by atomic mass is 10.0. The van der Waals surface area contributed by atoms with Crippen LogP contribution in [0.3, 0.4) is 0 Å². The SMILES string of the molecule is NC1CCN(C2CCN(Cc3ccccn3)C2)CC1. The summed E-state index contributed by atoms with van der Waals surface area (Å²) in [5.74, 6) is 0. The van der Waals surface area contributed by atoms with Crippen molar-refractivity contribution in [3.63, 3.8) is 0 Å². The molecule has 2 N–H and O–H groups in total. The summed E-state index contributed by atoms with van der Waals surface area (Å²) < 4.78 is 0. The van der Waals surface area contributed by atoms with Crippen molar-refractivity contribution >= 4 is 0 Å². The summed E-state index contributed by atoms with van der Waals surface area (Å²) in [4.78, 5) is 9.59. The van der Waals surface area contributed by atoms with Gasteiger partial charge in [-0.25, -0.2) is 0 Å². The topological polar surface area (TPSA) is 45.4 Å². The molecule has 0 spiro atoms. The first kappa shape index (κ1) is 13.0. The van der Waals surface area contributed by atoms with E-state index in [-0.39, 0.29) is 0 Å². The lowest BCUT2D eigenvalue weighted by Gasteiger charge is -2.34. The molecule has 3 rings (SSSR count). The number of nitrogens with two attached hydrogens (primary N) is 1. The van der Waals surface area contributed by atoms with E-state index in [1.165, 1.54) is 38.3 Å². The molecule has 0 amide bonds. The van der Waals surface area contributed by atoms with Gasteiger partial charge in [-0.1, -0.05) is 6.07 Å². The maximum atomic E-state index is 5.98. The summed E-state index contributed by atoms with van der Waals surface area (Å²) in [7, 11) is 0. The van der Waals surface area contributed by atoms with Crippen LogP contribution >= 0.6 is 0 Å². The molecule has 0 aliphatic carbocycles. The van der Waals surface area contributed by atoms with Crippen LogP contribution in [0, 0.1) is 0 Å². The summed E-state index contributed by atoms with van der Waals surface area (Å²) in [6.45, 7) is 5.74. The number of likely N-dealkylation sites (tertiary alicyclic amines) is 2. The number of pyridine rings is 1. The highest BCUT2D eigenvalue weighted by molar-refractivity contribution is 5.04. The van der Waals surface area contributed by atoms with Gasteiger partial charge in [0.25, 0.3) is 0 Å². The number of aromatic nitrogens is 1. The summed E-state index contributed by atoms with van der Waals surface area (Å²) in [5, 5.41) is 0. The third kappa shape index (κ3) is 3.32. The molecule has 2 fully saturated rings. The van der Waals surface area contributed by atoms with Crippen LogP contribution in [0.1, 0.15) is 25.0 Å². The smallest absolute Gasteiger partial charge is 0.0543 e. The molecule has 3 heterocycles.